The molecule has 0 bridgehead atoms. The molecule has 0 spiro atoms. The lowest BCUT2D eigenvalue weighted by Gasteiger charge is -2.11. The number of carbonyl (C=O) groups is 2. The standard InChI is InChI=1S/C24H16N4O2/c1-2-18-13-19(23(29)27-20-7-3-5-16(11-20)14-25)9-10-22(18)24(30)28-21-8-4-6-17(12-21)15-26/h2-13H,1H2,(H,27,29)(H,28,30). The van der Waals surface area contributed by atoms with Gasteiger partial charge in [-0.25, -0.2) is 0 Å². The first kappa shape index (κ1) is 20.1. The van der Waals surface area contributed by atoms with Gasteiger partial charge in [0.05, 0.1) is 23.3 Å². The number of nitriles is 2. The van der Waals surface area contributed by atoms with E-state index in [1.54, 1.807) is 60.7 Å². The van der Waals surface area contributed by atoms with Gasteiger partial charge in [-0.3, -0.25) is 9.59 Å². The Morgan fingerprint density at radius 1 is 0.800 bits per heavy atom. The van der Waals surface area contributed by atoms with Gasteiger partial charge < -0.3 is 10.6 Å². The van der Waals surface area contributed by atoms with Crippen LogP contribution < -0.4 is 10.6 Å². The van der Waals surface area contributed by atoms with Gasteiger partial charge in [0.1, 0.15) is 0 Å². The number of carbonyl (C=O) groups excluding carboxylic acids is 2. The summed E-state index contributed by atoms with van der Waals surface area (Å²) in [7, 11) is 0. The lowest BCUT2D eigenvalue weighted by Crippen LogP contribution is -2.16. The van der Waals surface area contributed by atoms with Crippen molar-refractivity contribution >= 4 is 29.3 Å². The second-order valence-corrected chi connectivity index (χ2v) is 6.30. The van der Waals surface area contributed by atoms with Crippen molar-refractivity contribution in [1.82, 2.24) is 0 Å². The molecule has 0 fully saturated rings. The summed E-state index contributed by atoms with van der Waals surface area (Å²) in [6, 6.07) is 21.8. The van der Waals surface area contributed by atoms with Gasteiger partial charge in [0.25, 0.3) is 11.8 Å². The summed E-state index contributed by atoms with van der Waals surface area (Å²) in [6.07, 6.45) is 1.49. The molecule has 3 rings (SSSR count). The third-order valence-electron chi connectivity index (χ3n) is 4.28. The highest BCUT2D eigenvalue weighted by molar-refractivity contribution is 6.09. The fourth-order valence-electron chi connectivity index (χ4n) is 2.81. The second-order valence-electron chi connectivity index (χ2n) is 6.30. The molecule has 0 atom stereocenters. The molecule has 3 aromatic carbocycles. The van der Waals surface area contributed by atoms with Crippen LogP contribution in [0.3, 0.4) is 0 Å². The number of hydrogen-bond donors (Lipinski definition) is 2. The van der Waals surface area contributed by atoms with E-state index in [2.05, 4.69) is 17.2 Å². The van der Waals surface area contributed by atoms with Crippen LogP contribution in [0.5, 0.6) is 0 Å². The molecule has 0 heterocycles. The average Bonchev–Trinajstić information content (AvgIpc) is 2.78. The molecule has 0 aliphatic carbocycles. The molecule has 144 valence electrons. The number of nitrogens with one attached hydrogen (secondary N) is 2. The summed E-state index contributed by atoms with van der Waals surface area (Å²) < 4.78 is 0. The SMILES string of the molecule is C=Cc1cc(C(=O)Nc2cccc(C#N)c2)ccc1C(=O)Nc1cccc(C#N)c1. The van der Waals surface area contributed by atoms with Crippen molar-refractivity contribution in [2.45, 2.75) is 0 Å². The smallest absolute Gasteiger partial charge is 0.256 e. The molecule has 3 aromatic rings. The van der Waals surface area contributed by atoms with E-state index in [0.717, 1.165) is 0 Å². The van der Waals surface area contributed by atoms with E-state index in [-0.39, 0.29) is 11.8 Å². The van der Waals surface area contributed by atoms with E-state index in [1.165, 1.54) is 12.1 Å². The maximum absolute atomic E-state index is 12.7. The fraction of sp³-hybridized carbons (Fsp3) is 0. The minimum absolute atomic E-state index is 0.343. The van der Waals surface area contributed by atoms with Crippen LogP contribution in [0.4, 0.5) is 11.4 Å². The zero-order valence-electron chi connectivity index (χ0n) is 15.8. The Balaban J connectivity index is 1.81. The van der Waals surface area contributed by atoms with Crippen molar-refractivity contribution < 1.29 is 9.59 Å². The van der Waals surface area contributed by atoms with Crippen molar-refractivity contribution in [2.24, 2.45) is 0 Å². The zero-order valence-corrected chi connectivity index (χ0v) is 15.8. The van der Waals surface area contributed by atoms with E-state index in [0.29, 0.717) is 39.2 Å². The monoisotopic (exact) mass is 392 g/mol. The zero-order chi connectivity index (χ0) is 21.5. The van der Waals surface area contributed by atoms with Gasteiger partial charge in [-0.2, -0.15) is 10.5 Å². The lowest BCUT2D eigenvalue weighted by atomic mass is 10.0. The molecular formula is C24H16N4O2. The number of nitrogens with zero attached hydrogens (tertiary/aromatic N) is 2. The van der Waals surface area contributed by atoms with Gasteiger partial charge in [0.15, 0.2) is 0 Å². The van der Waals surface area contributed by atoms with Crippen molar-refractivity contribution in [3.63, 3.8) is 0 Å². The molecule has 0 aliphatic heterocycles. The minimum Gasteiger partial charge on any atom is -0.322 e. The normalized spacial score (nSPS) is 9.67. The lowest BCUT2D eigenvalue weighted by molar-refractivity contribution is 0.101. The Kier molecular flexibility index (Phi) is 6.02. The molecule has 0 saturated carbocycles. The highest BCUT2D eigenvalue weighted by atomic mass is 16.2. The van der Waals surface area contributed by atoms with Gasteiger partial charge in [0, 0.05) is 22.5 Å². The summed E-state index contributed by atoms with van der Waals surface area (Å²) in [4.78, 5) is 25.2. The Morgan fingerprint density at radius 2 is 1.37 bits per heavy atom. The average molecular weight is 392 g/mol. The van der Waals surface area contributed by atoms with E-state index in [1.807, 2.05) is 12.1 Å². The first-order valence-corrected chi connectivity index (χ1v) is 8.93. The predicted molar refractivity (Wildman–Crippen MR) is 115 cm³/mol. The number of hydrogen-bond acceptors (Lipinski definition) is 4. The summed E-state index contributed by atoms with van der Waals surface area (Å²) in [6.45, 7) is 3.72. The first-order valence-electron chi connectivity index (χ1n) is 8.93. The quantitative estimate of drug-likeness (QED) is 0.663. The van der Waals surface area contributed by atoms with Gasteiger partial charge in [0.2, 0.25) is 0 Å². The Labute approximate surface area is 173 Å². The maximum atomic E-state index is 12.7. The summed E-state index contributed by atoms with van der Waals surface area (Å²) in [5.41, 5.74) is 3.04. The van der Waals surface area contributed by atoms with Crippen LogP contribution in [-0.4, -0.2) is 11.8 Å². The van der Waals surface area contributed by atoms with E-state index in [9.17, 15) is 9.59 Å². The predicted octanol–water partition coefficient (Wildman–Crippen LogP) is 4.58. The molecule has 0 saturated heterocycles. The Bertz CT molecular complexity index is 1230. The van der Waals surface area contributed by atoms with Crippen LogP contribution in [0.15, 0.2) is 73.3 Å². The molecular weight excluding hydrogens is 376 g/mol. The van der Waals surface area contributed by atoms with Gasteiger partial charge >= 0.3 is 0 Å². The van der Waals surface area contributed by atoms with Crippen LogP contribution >= 0.6 is 0 Å². The molecule has 0 unspecified atom stereocenters. The van der Waals surface area contributed by atoms with Crippen LogP contribution in [0, 0.1) is 22.7 Å². The maximum Gasteiger partial charge on any atom is 0.256 e. The number of amides is 2. The number of anilines is 2. The fourth-order valence-corrected chi connectivity index (χ4v) is 2.81. The number of benzene rings is 3. The van der Waals surface area contributed by atoms with E-state index < -0.39 is 0 Å². The molecule has 2 amide bonds. The molecule has 0 aromatic heterocycles. The van der Waals surface area contributed by atoms with Gasteiger partial charge in [-0.1, -0.05) is 24.8 Å². The van der Waals surface area contributed by atoms with Crippen molar-refractivity contribution in [3.05, 3.63) is 101 Å². The molecule has 0 aliphatic rings. The third kappa shape index (κ3) is 4.59. The topological polar surface area (TPSA) is 106 Å². The summed E-state index contributed by atoms with van der Waals surface area (Å²) >= 11 is 0. The van der Waals surface area contributed by atoms with E-state index in [4.69, 9.17) is 10.5 Å². The van der Waals surface area contributed by atoms with Crippen molar-refractivity contribution in [1.29, 1.82) is 10.5 Å². The van der Waals surface area contributed by atoms with Crippen LogP contribution in [0.1, 0.15) is 37.4 Å². The Morgan fingerprint density at radius 3 is 1.90 bits per heavy atom. The van der Waals surface area contributed by atoms with Crippen LogP contribution in [0.25, 0.3) is 6.08 Å². The number of rotatable bonds is 5. The summed E-state index contributed by atoms with van der Waals surface area (Å²) in [5.74, 6) is -0.754. The van der Waals surface area contributed by atoms with Gasteiger partial charge in [-0.05, 0) is 60.2 Å². The highest BCUT2D eigenvalue weighted by Gasteiger charge is 2.14. The highest BCUT2D eigenvalue weighted by Crippen LogP contribution is 2.18. The molecule has 30 heavy (non-hydrogen) atoms. The molecule has 6 heteroatoms. The second kappa shape index (κ2) is 9.01. The molecule has 6 nitrogen and oxygen atoms in total. The first-order chi connectivity index (χ1) is 14.5. The molecule has 2 N–H and O–H groups in total. The van der Waals surface area contributed by atoms with Crippen LogP contribution in [0.2, 0.25) is 0 Å². The minimum atomic E-state index is -0.381. The van der Waals surface area contributed by atoms with Crippen LogP contribution in [-0.2, 0) is 0 Å². The van der Waals surface area contributed by atoms with Crippen molar-refractivity contribution in [2.75, 3.05) is 10.6 Å². The largest absolute Gasteiger partial charge is 0.322 e. The Hall–Kier alpha value is -4.68. The van der Waals surface area contributed by atoms with Gasteiger partial charge in [-0.15, -0.1) is 0 Å². The van der Waals surface area contributed by atoms with E-state index >= 15 is 0 Å². The third-order valence-corrected chi connectivity index (χ3v) is 4.28. The molecule has 0 radical (unpaired) electrons. The van der Waals surface area contributed by atoms with Crippen molar-refractivity contribution in [3.8, 4) is 12.1 Å². The summed E-state index contributed by atoms with van der Waals surface area (Å²) in [5, 5.41) is 23.4.